The van der Waals surface area contributed by atoms with Crippen molar-refractivity contribution in [1.82, 2.24) is 25.2 Å². The molecule has 0 spiro atoms. The molecule has 2 heterocycles. The third-order valence-electron chi connectivity index (χ3n) is 3.86. The van der Waals surface area contributed by atoms with E-state index < -0.39 is 0 Å². The normalized spacial score (nSPS) is 16.0. The van der Waals surface area contributed by atoms with Gasteiger partial charge in [0.25, 0.3) is 5.91 Å². The van der Waals surface area contributed by atoms with Crippen molar-refractivity contribution < 1.29 is 9.32 Å². The van der Waals surface area contributed by atoms with Crippen LogP contribution in [0.3, 0.4) is 0 Å². The number of amides is 1. The fraction of sp³-hybridized carbons (Fsp3) is 0.571. The zero-order chi connectivity index (χ0) is 14.5. The van der Waals surface area contributed by atoms with E-state index in [1.807, 2.05) is 0 Å². The van der Waals surface area contributed by atoms with Crippen molar-refractivity contribution >= 4 is 5.91 Å². The van der Waals surface area contributed by atoms with Gasteiger partial charge in [0, 0.05) is 18.5 Å². The fourth-order valence-electron chi connectivity index (χ4n) is 2.70. The Morgan fingerprint density at radius 1 is 1.38 bits per heavy atom. The summed E-state index contributed by atoms with van der Waals surface area (Å²) in [5, 5.41) is 10.7. The van der Waals surface area contributed by atoms with Gasteiger partial charge in [-0.25, -0.2) is 4.98 Å². The summed E-state index contributed by atoms with van der Waals surface area (Å²) >= 11 is 0. The van der Waals surface area contributed by atoms with Gasteiger partial charge in [-0.2, -0.15) is 5.10 Å². The van der Waals surface area contributed by atoms with Crippen molar-refractivity contribution in [2.75, 3.05) is 6.54 Å². The van der Waals surface area contributed by atoms with E-state index in [1.165, 1.54) is 25.6 Å². The minimum atomic E-state index is -0.207. The Bertz CT molecular complexity index is 572. The number of hydrogen-bond acceptors (Lipinski definition) is 5. The number of aromatic nitrogens is 4. The second kappa shape index (κ2) is 6.51. The zero-order valence-corrected chi connectivity index (χ0v) is 11.9. The quantitative estimate of drug-likeness (QED) is 0.906. The van der Waals surface area contributed by atoms with Crippen LogP contribution in [0.1, 0.15) is 54.3 Å². The average molecular weight is 289 g/mol. The number of rotatable bonds is 5. The minimum absolute atomic E-state index is 0.207. The van der Waals surface area contributed by atoms with Gasteiger partial charge in [0.05, 0.1) is 6.54 Å². The summed E-state index contributed by atoms with van der Waals surface area (Å²) < 4.78 is 7.00. The topological polar surface area (TPSA) is 85.8 Å². The van der Waals surface area contributed by atoms with Crippen LogP contribution < -0.4 is 5.32 Å². The van der Waals surface area contributed by atoms with E-state index >= 15 is 0 Å². The molecule has 7 nitrogen and oxygen atoms in total. The lowest BCUT2D eigenvalue weighted by Gasteiger charge is -2.18. The zero-order valence-electron chi connectivity index (χ0n) is 11.9. The van der Waals surface area contributed by atoms with Gasteiger partial charge in [0.2, 0.25) is 0 Å². The smallest absolute Gasteiger partial charge is 0.273 e. The SMILES string of the molecule is O=C(NCCn1cncn1)c1cc(C2CCCCC2)on1. The lowest BCUT2D eigenvalue weighted by atomic mass is 9.87. The van der Waals surface area contributed by atoms with Gasteiger partial charge in [0.15, 0.2) is 5.69 Å². The Morgan fingerprint density at radius 2 is 2.24 bits per heavy atom. The predicted octanol–water partition coefficient (Wildman–Crippen LogP) is 1.74. The highest BCUT2D eigenvalue weighted by atomic mass is 16.5. The van der Waals surface area contributed by atoms with E-state index in [-0.39, 0.29) is 5.91 Å². The van der Waals surface area contributed by atoms with Crippen LogP contribution in [-0.2, 0) is 6.54 Å². The van der Waals surface area contributed by atoms with Crippen molar-refractivity contribution in [2.24, 2.45) is 0 Å². The third kappa shape index (κ3) is 3.48. The molecule has 0 radical (unpaired) electrons. The molecule has 0 unspecified atom stereocenters. The molecule has 0 saturated heterocycles. The van der Waals surface area contributed by atoms with Crippen molar-refractivity contribution in [3.63, 3.8) is 0 Å². The summed E-state index contributed by atoms with van der Waals surface area (Å²) in [5.41, 5.74) is 0.356. The lowest BCUT2D eigenvalue weighted by molar-refractivity contribution is 0.0942. The molecule has 1 saturated carbocycles. The molecule has 1 fully saturated rings. The number of carbonyl (C=O) groups is 1. The molecule has 2 aromatic heterocycles. The first-order valence-electron chi connectivity index (χ1n) is 7.40. The first-order chi connectivity index (χ1) is 10.3. The first-order valence-corrected chi connectivity index (χ1v) is 7.40. The molecule has 1 N–H and O–H groups in total. The lowest BCUT2D eigenvalue weighted by Crippen LogP contribution is -2.27. The standard InChI is InChI=1S/C14H19N5O2/c20-14(16-6-7-19-10-15-9-17-19)12-8-13(21-18-12)11-4-2-1-3-5-11/h8-11H,1-7H2,(H,16,20). The maximum Gasteiger partial charge on any atom is 0.273 e. The predicted molar refractivity (Wildman–Crippen MR) is 74.7 cm³/mol. The van der Waals surface area contributed by atoms with Gasteiger partial charge in [-0.05, 0) is 12.8 Å². The summed E-state index contributed by atoms with van der Waals surface area (Å²) in [7, 11) is 0. The molecule has 1 aliphatic rings. The van der Waals surface area contributed by atoms with E-state index in [2.05, 4.69) is 20.6 Å². The number of carbonyl (C=O) groups excluding carboxylic acids is 1. The highest BCUT2D eigenvalue weighted by Gasteiger charge is 2.21. The molecule has 1 amide bonds. The summed E-state index contributed by atoms with van der Waals surface area (Å²) in [6.45, 7) is 1.06. The van der Waals surface area contributed by atoms with Gasteiger partial charge in [-0.3, -0.25) is 9.48 Å². The van der Waals surface area contributed by atoms with E-state index in [1.54, 1.807) is 17.1 Å². The maximum absolute atomic E-state index is 12.0. The number of hydrogen-bond donors (Lipinski definition) is 1. The third-order valence-corrected chi connectivity index (χ3v) is 3.86. The maximum atomic E-state index is 12.0. The van der Waals surface area contributed by atoms with E-state index in [4.69, 9.17) is 4.52 Å². The molecule has 3 rings (SSSR count). The molecule has 0 atom stereocenters. The van der Waals surface area contributed by atoms with Crippen molar-refractivity contribution in [2.45, 2.75) is 44.6 Å². The Kier molecular flexibility index (Phi) is 4.28. The highest BCUT2D eigenvalue weighted by Crippen LogP contribution is 2.32. The van der Waals surface area contributed by atoms with Crippen molar-refractivity contribution in [1.29, 1.82) is 0 Å². The van der Waals surface area contributed by atoms with Crippen molar-refractivity contribution in [3.8, 4) is 0 Å². The second-order valence-corrected chi connectivity index (χ2v) is 5.36. The highest BCUT2D eigenvalue weighted by molar-refractivity contribution is 5.92. The molecule has 0 bridgehead atoms. The molecule has 7 heteroatoms. The van der Waals surface area contributed by atoms with Crippen LogP contribution in [0.5, 0.6) is 0 Å². The molecule has 21 heavy (non-hydrogen) atoms. The fourth-order valence-corrected chi connectivity index (χ4v) is 2.70. The van der Waals surface area contributed by atoms with E-state index in [9.17, 15) is 4.79 Å². The van der Waals surface area contributed by atoms with E-state index in [0.29, 0.717) is 24.7 Å². The molecule has 0 aromatic carbocycles. The van der Waals surface area contributed by atoms with Crippen LogP contribution in [0.2, 0.25) is 0 Å². The molecule has 1 aliphatic carbocycles. The Morgan fingerprint density at radius 3 is 3.00 bits per heavy atom. The molecule has 2 aromatic rings. The van der Waals surface area contributed by atoms with Crippen LogP contribution in [-0.4, -0.2) is 32.4 Å². The summed E-state index contributed by atoms with van der Waals surface area (Å²) in [6.07, 6.45) is 9.08. The first kappa shape index (κ1) is 13.8. The Balaban J connectivity index is 1.51. The second-order valence-electron chi connectivity index (χ2n) is 5.36. The van der Waals surface area contributed by atoms with Crippen LogP contribution in [0.4, 0.5) is 0 Å². The largest absolute Gasteiger partial charge is 0.360 e. The van der Waals surface area contributed by atoms with Crippen LogP contribution >= 0.6 is 0 Å². The summed E-state index contributed by atoms with van der Waals surface area (Å²) in [4.78, 5) is 15.8. The van der Waals surface area contributed by atoms with Gasteiger partial charge in [0.1, 0.15) is 18.4 Å². The molecule has 112 valence electrons. The monoisotopic (exact) mass is 289 g/mol. The Labute approximate surface area is 122 Å². The Hall–Kier alpha value is -2.18. The van der Waals surface area contributed by atoms with Crippen LogP contribution in [0.15, 0.2) is 23.2 Å². The van der Waals surface area contributed by atoms with Gasteiger partial charge < -0.3 is 9.84 Å². The summed E-state index contributed by atoms with van der Waals surface area (Å²) in [6, 6.07) is 1.78. The van der Waals surface area contributed by atoms with Crippen LogP contribution in [0, 0.1) is 0 Å². The minimum Gasteiger partial charge on any atom is -0.360 e. The van der Waals surface area contributed by atoms with Gasteiger partial charge in [-0.1, -0.05) is 24.4 Å². The number of nitrogens with zero attached hydrogens (tertiary/aromatic N) is 4. The molecule has 0 aliphatic heterocycles. The van der Waals surface area contributed by atoms with Gasteiger partial charge >= 0.3 is 0 Å². The van der Waals surface area contributed by atoms with Crippen molar-refractivity contribution in [3.05, 3.63) is 30.2 Å². The number of nitrogens with one attached hydrogen (secondary N) is 1. The average Bonchev–Trinajstić information content (AvgIpc) is 3.20. The van der Waals surface area contributed by atoms with E-state index in [0.717, 1.165) is 18.6 Å². The summed E-state index contributed by atoms with van der Waals surface area (Å²) in [5.74, 6) is 1.06. The van der Waals surface area contributed by atoms with Crippen LogP contribution in [0.25, 0.3) is 0 Å². The molecular formula is C14H19N5O2. The van der Waals surface area contributed by atoms with Gasteiger partial charge in [-0.15, -0.1) is 0 Å². The molecular weight excluding hydrogens is 270 g/mol.